The van der Waals surface area contributed by atoms with Crippen molar-refractivity contribution in [1.29, 1.82) is 0 Å². The SMILES string of the molecule is COC(=O)[C@@H](O)C[C@@H](C)C1C[C@H](O)[C@H]2C3C(CC[C@]12C)[C@@]1(C)CC[C@@H](O)C[C@H]1C[C@H]3O. The minimum Gasteiger partial charge on any atom is -0.467 e. The molecule has 0 aliphatic heterocycles. The van der Waals surface area contributed by atoms with E-state index in [2.05, 4.69) is 20.8 Å². The number of ether oxygens (including phenoxy) is 1. The third-order valence-corrected chi connectivity index (χ3v) is 10.5. The highest BCUT2D eigenvalue weighted by molar-refractivity contribution is 5.74. The number of hydrogen-bond acceptors (Lipinski definition) is 6. The van der Waals surface area contributed by atoms with Crippen LogP contribution in [0.2, 0.25) is 0 Å². The molecule has 0 radical (unpaired) electrons. The summed E-state index contributed by atoms with van der Waals surface area (Å²) in [4.78, 5) is 11.7. The molecule has 4 aliphatic rings. The molecular formula is C25H42O6. The zero-order chi connectivity index (χ0) is 22.7. The van der Waals surface area contributed by atoms with Gasteiger partial charge in [0.2, 0.25) is 0 Å². The maximum Gasteiger partial charge on any atom is 0.334 e. The molecule has 0 aromatic heterocycles. The second-order valence-electron chi connectivity index (χ2n) is 11.8. The highest BCUT2D eigenvalue weighted by atomic mass is 16.5. The van der Waals surface area contributed by atoms with Gasteiger partial charge in [0.15, 0.2) is 6.10 Å². The van der Waals surface area contributed by atoms with Gasteiger partial charge in [0.05, 0.1) is 25.4 Å². The lowest BCUT2D eigenvalue weighted by atomic mass is 9.43. The lowest BCUT2D eigenvalue weighted by Gasteiger charge is -2.62. The van der Waals surface area contributed by atoms with E-state index in [0.29, 0.717) is 24.7 Å². The van der Waals surface area contributed by atoms with Gasteiger partial charge in [-0.2, -0.15) is 0 Å². The summed E-state index contributed by atoms with van der Waals surface area (Å²) in [5.41, 5.74) is 0.00313. The first-order valence-corrected chi connectivity index (χ1v) is 12.3. The first kappa shape index (κ1) is 23.5. The fourth-order valence-corrected chi connectivity index (χ4v) is 8.93. The van der Waals surface area contributed by atoms with Gasteiger partial charge in [-0.1, -0.05) is 20.8 Å². The van der Waals surface area contributed by atoms with Gasteiger partial charge in [0.1, 0.15) is 0 Å². The standard InChI is InChI=1S/C25H42O6/c1-13(9-20(29)23(30)31-4)17-12-19(28)22-21-16(6-8-25(17,22)3)24(2)7-5-15(26)10-14(24)11-18(21)27/h13-22,26-29H,5-12H2,1-4H3/t13-,14+,15-,16?,17?,18-,19+,20+,21?,22+,24+,25-/m1/s1. The summed E-state index contributed by atoms with van der Waals surface area (Å²) in [7, 11) is 1.29. The summed E-state index contributed by atoms with van der Waals surface area (Å²) in [5.74, 6) is 0.498. The van der Waals surface area contributed by atoms with Crippen molar-refractivity contribution in [1.82, 2.24) is 0 Å². The number of rotatable bonds is 4. The molecule has 0 aromatic rings. The lowest BCUT2D eigenvalue weighted by molar-refractivity contribution is -0.185. The molecule has 4 fully saturated rings. The zero-order valence-corrected chi connectivity index (χ0v) is 19.5. The Balaban J connectivity index is 1.58. The van der Waals surface area contributed by atoms with Crippen molar-refractivity contribution in [2.45, 2.75) is 96.6 Å². The fraction of sp³-hybridized carbons (Fsp3) is 0.960. The second kappa shape index (κ2) is 8.27. The summed E-state index contributed by atoms with van der Waals surface area (Å²) in [6.07, 6.45) is 4.06. The quantitative estimate of drug-likeness (QED) is 0.503. The molecule has 4 aliphatic carbocycles. The van der Waals surface area contributed by atoms with Crippen LogP contribution >= 0.6 is 0 Å². The number of esters is 1. The molecule has 6 nitrogen and oxygen atoms in total. The van der Waals surface area contributed by atoms with Crippen molar-refractivity contribution >= 4 is 5.97 Å². The van der Waals surface area contributed by atoms with E-state index in [4.69, 9.17) is 4.74 Å². The van der Waals surface area contributed by atoms with Crippen LogP contribution < -0.4 is 0 Å². The van der Waals surface area contributed by atoms with Gasteiger partial charge in [-0.25, -0.2) is 4.79 Å². The Labute approximate surface area is 186 Å². The van der Waals surface area contributed by atoms with Crippen molar-refractivity contribution < 1.29 is 30.0 Å². The van der Waals surface area contributed by atoms with E-state index >= 15 is 0 Å². The topological polar surface area (TPSA) is 107 Å². The molecule has 4 saturated carbocycles. The van der Waals surface area contributed by atoms with Crippen LogP contribution in [-0.4, -0.2) is 57.9 Å². The third kappa shape index (κ3) is 3.66. The van der Waals surface area contributed by atoms with E-state index in [0.717, 1.165) is 38.5 Å². The molecule has 4 rings (SSSR count). The number of aliphatic hydroxyl groups excluding tert-OH is 4. The van der Waals surface area contributed by atoms with Gasteiger partial charge in [-0.3, -0.25) is 0 Å². The fourth-order valence-electron chi connectivity index (χ4n) is 8.93. The molecule has 0 amide bonds. The molecular weight excluding hydrogens is 396 g/mol. The number of hydrogen-bond donors (Lipinski definition) is 4. The molecule has 6 heteroatoms. The highest BCUT2D eigenvalue weighted by Gasteiger charge is 2.65. The van der Waals surface area contributed by atoms with Crippen LogP contribution in [-0.2, 0) is 9.53 Å². The average molecular weight is 439 g/mol. The highest BCUT2D eigenvalue weighted by Crippen LogP contribution is 2.68. The normalized spacial score (nSPS) is 51.2. The third-order valence-electron chi connectivity index (χ3n) is 10.5. The van der Waals surface area contributed by atoms with Gasteiger partial charge in [-0.15, -0.1) is 0 Å². The predicted octanol–water partition coefficient (Wildman–Crippen LogP) is 2.51. The average Bonchev–Trinajstić information content (AvgIpc) is 2.99. The first-order valence-electron chi connectivity index (χ1n) is 12.3. The molecule has 0 bridgehead atoms. The van der Waals surface area contributed by atoms with Crippen molar-refractivity contribution in [3.63, 3.8) is 0 Å². The zero-order valence-electron chi connectivity index (χ0n) is 19.5. The smallest absolute Gasteiger partial charge is 0.334 e. The van der Waals surface area contributed by atoms with E-state index in [1.165, 1.54) is 7.11 Å². The Hall–Kier alpha value is -0.690. The van der Waals surface area contributed by atoms with E-state index in [-0.39, 0.29) is 40.6 Å². The van der Waals surface area contributed by atoms with E-state index in [9.17, 15) is 25.2 Å². The predicted molar refractivity (Wildman–Crippen MR) is 116 cm³/mol. The second-order valence-corrected chi connectivity index (χ2v) is 11.8. The van der Waals surface area contributed by atoms with E-state index in [1.807, 2.05) is 0 Å². The number of carbonyl (C=O) groups excluding carboxylic acids is 1. The molecule has 0 heterocycles. The van der Waals surface area contributed by atoms with Crippen LogP contribution in [0.25, 0.3) is 0 Å². The summed E-state index contributed by atoms with van der Waals surface area (Å²) >= 11 is 0. The van der Waals surface area contributed by atoms with Crippen molar-refractivity contribution in [3.8, 4) is 0 Å². The Morgan fingerprint density at radius 3 is 2.39 bits per heavy atom. The number of fused-ring (bicyclic) bond motifs is 5. The monoisotopic (exact) mass is 438 g/mol. The van der Waals surface area contributed by atoms with Crippen LogP contribution in [0.5, 0.6) is 0 Å². The Kier molecular flexibility index (Phi) is 6.26. The number of aliphatic hydroxyl groups is 4. The van der Waals surface area contributed by atoms with E-state index < -0.39 is 24.3 Å². The van der Waals surface area contributed by atoms with Gasteiger partial charge in [0.25, 0.3) is 0 Å². The molecule has 3 unspecified atom stereocenters. The van der Waals surface area contributed by atoms with Crippen LogP contribution in [0, 0.1) is 46.3 Å². The summed E-state index contributed by atoms with van der Waals surface area (Å²) < 4.78 is 4.69. The first-order chi connectivity index (χ1) is 14.5. The molecule has 178 valence electrons. The molecule has 0 spiro atoms. The molecule has 12 atom stereocenters. The van der Waals surface area contributed by atoms with Crippen LogP contribution in [0.4, 0.5) is 0 Å². The molecule has 0 saturated heterocycles. The van der Waals surface area contributed by atoms with Crippen LogP contribution in [0.15, 0.2) is 0 Å². The minimum atomic E-state index is -1.13. The lowest BCUT2D eigenvalue weighted by Crippen LogP contribution is -2.60. The maximum atomic E-state index is 11.7. The van der Waals surface area contributed by atoms with Crippen LogP contribution in [0.3, 0.4) is 0 Å². The molecule has 4 N–H and O–H groups in total. The Morgan fingerprint density at radius 1 is 1.03 bits per heavy atom. The molecule has 0 aromatic carbocycles. The Morgan fingerprint density at radius 2 is 1.71 bits per heavy atom. The largest absolute Gasteiger partial charge is 0.467 e. The number of methoxy groups -OCH3 is 1. The van der Waals surface area contributed by atoms with Gasteiger partial charge in [-0.05, 0) is 97.7 Å². The summed E-state index contributed by atoms with van der Waals surface area (Å²) in [5, 5.41) is 43.0. The maximum absolute atomic E-state index is 11.7. The van der Waals surface area contributed by atoms with Crippen molar-refractivity contribution in [2.24, 2.45) is 46.3 Å². The number of carbonyl (C=O) groups is 1. The van der Waals surface area contributed by atoms with Crippen molar-refractivity contribution in [2.75, 3.05) is 7.11 Å². The van der Waals surface area contributed by atoms with Gasteiger partial charge >= 0.3 is 5.97 Å². The van der Waals surface area contributed by atoms with Crippen LogP contribution in [0.1, 0.15) is 72.1 Å². The minimum absolute atomic E-state index is 0.0357. The van der Waals surface area contributed by atoms with Gasteiger partial charge < -0.3 is 25.2 Å². The molecule has 31 heavy (non-hydrogen) atoms. The van der Waals surface area contributed by atoms with Crippen molar-refractivity contribution in [3.05, 3.63) is 0 Å². The van der Waals surface area contributed by atoms with E-state index in [1.54, 1.807) is 0 Å². The van der Waals surface area contributed by atoms with Gasteiger partial charge in [0, 0.05) is 0 Å². The summed E-state index contributed by atoms with van der Waals surface area (Å²) in [6.45, 7) is 6.70. The Bertz CT molecular complexity index is 683. The summed E-state index contributed by atoms with van der Waals surface area (Å²) in [6, 6.07) is 0.